The van der Waals surface area contributed by atoms with Gasteiger partial charge in [0.25, 0.3) is 0 Å². The first-order valence-corrected chi connectivity index (χ1v) is 5.43. The van der Waals surface area contributed by atoms with Gasteiger partial charge in [-0.3, -0.25) is 5.43 Å². The van der Waals surface area contributed by atoms with Crippen molar-refractivity contribution in [3.63, 3.8) is 0 Å². The number of halogens is 1. The van der Waals surface area contributed by atoms with Gasteiger partial charge in [-0.05, 0) is 17.8 Å². The molecule has 3 N–H and O–H groups in total. The fourth-order valence-corrected chi connectivity index (χ4v) is 1.81. The molecule has 0 amide bonds. The molecule has 6 nitrogen and oxygen atoms in total. The number of aromatic nitrogens is 4. The third kappa shape index (κ3) is 2.57. The SMILES string of the molecule is NNc1ncc(Cl)c(Sc2ncccn2)n1. The van der Waals surface area contributed by atoms with Crippen LogP contribution in [0.3, 0.4) is 0 Å². The molecule has 0 spiro atoms. The van der Waals surface area contributed by atoms with Crippen molar-refractivity contribution in [2.24, 2.45) is 5.84 Å². The van der Waals surface area contributed by atoms with Crippen LogP contribution < -0.4 is 11.3 Å². The van der Waals surface area contributed by atoms with E-state index in [1.54, 1.807) is 18.5 Å². The molecule has 0 fully saturated rings. The van der Waals surface area contributed by atoms with E-state index < -0.39 is 0 Å². The van der Waals surface area contributed by atoms with Crippen LogP contribution in [0.1, 0.15) is 0 Å². The summed E-state index contributed by atoms with van der Waals surface area (Å²) in [7, 11) is 0. The van der Waals surface area contributed by atoms with Gasteiger partial charge < -0.3 is 0 Å². The zero-order valence-corrected chi connectivity index (χ0v) is 9.53. The van der Waals surface area contributed by atoms with Gasteiger partial charge in [0.05, 0.1) is 11.2 Å². The molecule has 0 bridgehead atoms. The second kappa shape index (κ2) is 5.06. The molecule has 2 rings (SSSR count). The monoisotopic (exact) mass is 254 g/mol. The number of rotatable bonds is 3. The summed E-state index contributed by atoms with van der Waals surface area (Å²) >= 11 is 7.18. The number of nitrogens with two attached hydrogens (primary N) is 1. The van der Waals surface area contributed by atoms with Gasteiger partial charge in [-0.15, -0.1) is 0 Å². The Balaban J connectivity index is 2.27. The fourth-order valence-electron chi connectivity index (χ4n) is 0.917. The van der Waals surface area contributed by atoms with E-state index in [-0.39, 0.29) is 0 Å². The van der Waals surface area contributed by atoms with Crippen LogP contribution in [0.15, 0.2) is 34.8 Å². The van der Waals surface area contributed by atoms with E-state index in [0.29, 0.717) is 21.2 Å². The van der Waals surface area contributed by atoms with Crippen LogP contribution in [-0.2, 0) is 0 Å². The van der Waals surface area contributed by atoms with Gasteiger partial charge in [-0.25, -0.2) is 25.8 Å². The van der Waals surface area contributed by atoms with Gasteiger partial charge >= 0.3 is 0 Å². The molecule has 2 heterocycles. The highest BCUT2D eigenvalue weighted by Crippen LogP contribution is 2.28. The standard InChI is InChI=1S/C8H7ClN6S/c9-5-4-13-7(15-10)14-6(5)16-8-11-2-1-3-12-8/h1-4H,10H2,(H,13,14,15). The van der Waals surface area contributed by atoms with Crippen molar-refractivity contribution < 1.29 is 0 Å². The minimum Gasteiger partial charge on any atom is -0.292 e. The number of hydrogen-bond acceptors (Lipinski definition) is 7. The molecular weight excluding hydrogens is 248 g/mol. The minimum atomic E-state index is 0.294. The third-order valence-electron chi connectivity index (χ3n) is 1.57. The molecule has 2 aromatic rings. The largest absolute Gasteiger partial charge is 0.292 e. The Labute approximate surface area is 101 Å². The van der Waals surface area contributed by atoms with Gasteiger partial charge in [0.1, 0.15) is 5.03 Å². The van der Waals surface area contributed by atoms with Crippen molar-refractivity contribution in [3.8, 4) is 0 Å². The van der Waals surface area contributed by atoms with Crippen LogP contribution in [-0.4, -0.2) is 19.9 Å². The zero-order chi connectivity index (χ0) is 11.4. The fraction of sp³-hybridized carbons (Fsp3) is 0. The minimum absolute atomic E-state index is 0.294. The molecule has 0 aliphatic heterocycles. The summed E-state index contributed by atoms with van der Waals surface area (Å²) in [6.45, 7) is 0. The molecular formula is C8H7ClN6S. The van der Waals surface area contributed by atoms with Crippen LogP contribution in [0.5, 0.6) is 0 Å². The maximum absolute atomic E-state index is 5.93. The molecule has 0 unspecified atom stereocenters. The number of nitrogen functional groups attached to an aromatic ring is 1. The molecule has 0 atom stereocenters. The van der Waals surface area contributed by atoms with E-state index in [1.807, 2.05) is 0 Å². The van der Waals surface area contributed by atoms with Gasteiger partial charge in [0.2, 0.25) is 5.95 Å². The van der Waals surface area contributed by atoms with E-state index >= 15 is 0 Å². The smallest absolute Gasteiger partial charge is 0.238 e. The summed E-state index contributed by atoms with van der Waals surface area (Å²) in [4.78, 5) is 16.1. The Morgan fingerprint density at radius 3 is 2.69 bits per heavy atom. The maximum Gasteiger partial charge on any atom is 0.238 e. The van der Waals surface area contributed by atoms with Crippen LogP contribution in [0.4, 0.5) is 5.95 Å². The molecule has 0 aromatic carbocycles. The number of hydrogen-bond donors (Lipinski definition) is 2. The summed E-state index contributed by atoms with van der Waals surface area (Å²) < 4.78 is 0. The summed E-state index contributed by atoms with van der Waals surface area (Å²) in [6.07, 6.45) is 4.76. The lowest BCUT2D eigenvalue weighted by Gasteiger charge is -2.03. The number of nitrogens with zero attached hydrogens (tertiary/aromatic N) is 4. The molecule has 0 saturated heterocycles. The first-order valence-electron chi connectivity index (χ1n) is 4.23. The maximum atomic E-state index is 5.93. The van der Waals surface area contributed by atoms with Crippen LogP contribution >= 0.6 is 23.4 Å². The zero-order valence-electron chi connectivity index (χ0n) is 7.96. The Kier molecular flexibility index (Phi) is 3.50. The molecule has 8 heteroatoms. The van der Waals surface area contributed by atoms with Crippen molar-refractivity contribution in [2.75, 3.05) is 5.43 Å². The lowest BCUT2D eigenvalue weighted by atomic mass is 10.7. The first-order chi connectivity index (χ1) is 7.79. The Morgan fingerprint density at radius 2 is 2.00 bits per heavy atom. The lowest BCUT2D eigenvalue weighted by Crippen LogP contribution is -2.10. The Morgan fingerprint density at radius 1 is 1.25 bits per heavy atom. The molecule has 0 saturated carbocycles. The van der Waals surface area contributed by atoms with E-state index in [0.717, 1.165) is 0 Å². The average molecular weight is 255 g/mol. The normalized spacial score (nSPS) is 10.1. The van der Waals surface area contributed by atoms with E-state index in [9.17, 15) is 0 Å². The molecule has 0 aliphatic carbocycles. The van der Waals surface area contributed by atoms with Gasteiger partial charge in [-0.2, -0.15) is 0 Å². The van der Waals surface area contributed by atoms with Crippen molar-refractivity contribution in [1.82, 2.24) is 19.9 Å². The second-order valence-corrected chi connectivity index (χ2v) is 3.99. The number of anilines is 1. The van der Waals surface area contributed by atoms with Gasteiger partial charge in [0, 0.05) is 12.4 Å². The highest BCUT2D eigenvalue weighted by Gasteiger charge is 2.08. The summed E-state index contributed by atoms with van der Waals surface area (Å²) in [5.41, 5.74) is 2.35. The predicted octanol–water partition coefficient (Wildman–Crippen LogP) is 1.36. The number of nitrogens with one attached hydrogen (secondary N) is 1. The van der Waals surface area contributed by atoms with E-state index in [4.69, 9.17) is 17.4 Å². The average Bonchev–Trinajstić information content (AvgIpc) is 2.33. The molecule has 0 aliphatic rings. The van der Waals surface area contributed by atoms with Crippen LogP contribution in [0.25, 0.3) is 0 Å². The highest BCUT2D eigenvalue weighted by atomic mass is 35.5. The lowest BCUT2D eigenvalue weighted by molar-refractivity contribution is 0.954. The summed E-state index contributed by atoms with van der Waals surface area (Å²) in [5.74, 6) is 5.50. The van der Waals surface area contributed by atoms with Crippen LogP contribution in [0.2, 0.25) is 5.02 Å². The molecule has 0 radical (unpaired) electrons. The molecule has 16 heavy (non-hydrogen) atoms. The van der Waals surface area contributed by atoms with Gasteiger partial charge in [0.15, 0.2) is 5.16 Å². The predicted molar refractivity (Wildman–Crippen MR) is 61.0 cm³/mol. The second-order valence-electron chi connectivity index (χ2n) is 2.62. The summed E-state index contributed by atoms with van der Waals surface area (Å²) in [6, 6.07) is 1.73. The molecule has 2 aromatic heterocycles. The van der Waals surface area contributed by atoms with E-state index in [1.165, 1.54) is 18.0 Å². The number of hydrazine groups is 1. The van der Waals surface area contributed by atoms with Crippen molar-refractivity contribution >= 4 is 29.3 Å². The topological polar surface area (TPSA) is 89.6 Å². The van der Waals surface area contributed by atoms with Crippen molar-refractivity contribution in [2.45, 2.75) is 10.2 Å². The van der Waals surface area contributed by atoms with Crippen molar-refractivity contribution in [3.05, 3.63) is 29.7 Å². The molecule has 82 valence electrons. The van der Waals surface area contributed by atoms with Crippen LogP contribution in [0, 0.1) is 0 Å². The summed E-state index contributed by atoms with van der Waals surface area (Å²) in [5, 5.41) is 1.54. The third-order valence-corrected chi connectivity index (χ3v) is 2.86. The van der Waals surface area contributed by atoms with E-state index in [2.05, 4.69) is 25.4 Å². The first kappa shape index (κ1) is 11.1. The van der Waals surface area contributed by atoms with Gasteiger partial charge in [-0.1, -0.05) is 11.6 Å². The Hall–Kier alpha value is -1.44. The highest BCUT2D eigenvalue weighted by molar-refractivity contribution is 7.99. The Bertz CT molecular complexity index is 479. The van der Waals surface area contributed by atoms with Crippen molar-refractivity contribution in [1.29, 1.82) is 0 Å². The quantitative estimate of drug-likeness (QED) is 0.370.